The Morgan fingerprint density at radius 1 is 0.792 bits per heavy atom. The summed E-state index contributed by atoms with van der Waals surface area (Å²) >= 11 is 3.45. The summed E-state index contributed by atoms with van der Waals surface area (Å²) in [5, 5.41) is 0.760. The zero-order chi connectivity index (χ0) is 17.5. The summed E-state index contributed by atoms with van der Waals surface area (Å²) in [6, 6.07) is 9.54. The number of alkyl halides is 1. The van der Waals surface area contributed by atoms with Crippen LogP contribution in [0.2, 0.25) is 0 Å². The predicted octanol–water partition coefficient (Wildman–Crippen LogP) is 4.02. The van der Waals surface area contributed by atoms with Crippen molar-refractivity contribution in [3.63, 3.8) is 0 Å². The van der Waals surface area contributed by atoms with Gasteiger partial charge in [0.2, 0.25) is 5.75 Å². The van der Waals surface area contributed by atoms with E-state index < -0.39 is 0 Å². The molecule has 0 aliphatic rings. The van der Waals surface area contributed by atoms with Gasteiger partial charge in [-0.3, -0.25) is 0 Å². The third-order valence-corrected chi connectivity index (χ3v) is 4.07. The highest BCUT2D eigenvalue weighted by Crippen LogP contribution is 2.38. The molecular weight excluding hydrogens is 372 g/mol. The minimum Gasteiger partial charge on any atom is -0.495 e. The van der Waals surface area contributed by atoms with Crippen LogP contribution in [-0.4, -0.2) is 28.4 Å². The van der Waals surface area contributed by atoms with Gasteiger partial charge in [0.15, 0.2) is 11.5 Å². The van der Waals surface area contributed by atoms with Crippen LogP contribution in [0.25, 0.3) is 0 Å². The normalized spacial score (nSPS) is 9.71. The van der Waals surface area contributed by atoms with E-state index in [-0.39, 0.29) is 0 Å². The Kier molecular flexibility index (Phi) is 6.39. The quantitative estimate of drug-likeness (QED) is 0.570. The van der Waals surface area contributed by atoms with Crippen LogP contribution >= 0.6 is 15.9 Å². The summed E-state index contributed by atoms with van der Waals surface area (Å²) in [6.07, 6.45) is 0. The minimum absolute atomic E-state index is 0.546. The first kappa shape index (κ1) is 18.0. The first-order valence-corrected chi connectivity index (χ1v) is 8.33. The lowest BCUT2D eigenvalue weighted by molar-refractivity contribution is 0.324. The van der Waals surface area contributed by atoms with Crippen molar-refractivity contribution in [2.75, 3.05) is 28.4 Å². The average molecular weight is 391 g/mol. The van der Waals surface area contributed by atoms with Gasteiger partial charge in [-0.05, 0) is 29.8 Å². The Morgan fingerprint density at radius 3 is 1.92 bits per heavy atom. The highest BCUT2D eigenvalue weighted by molar-refractivity contribution is 9.08. The molecule has 126 valence electrons. The van der Waals surface area contributed by atoms with Gasteiger partial charge in [-0.25, -0.2) is 0 Å². The van der Waals surface area contributed by atoms with Crippen molar-refractivity contribution >= 4 is 15.9 Å². The van der Waals surface area contributed by atoms with Crippen LogP contribution < -0.4 is 18.9 Å². The van der Waals surface area contributed by atoms with E-state index in [0.717, 1.165) is 27.8 Å². The molecule has 2 aromatic carbocycles. The maximum absolute atomic E-state index is 5.37. The lowest BCUT2D eigenvalue weighted by Crippen LogP contribution is -1.96. The largest absolute Gasteiger partial charge is 0.495 e. The molecule has 0 saturated carbocycles. The van der Waals surface area contributed by atoms with Crippen molar-refractivity contribution in [1.29, 1.82) is 0 Å². The minimum atomic E-state index is 0.546. The summed E-state index contributed by atoms with van der Waals surface area (Å²) in [4.78, 5) is 0. The molecule has 0 amide bonds. The molecule has 0 N–H and O–H groups in total. The molecule has 0 saturated heterocycles. The van der Waals surface area contributed by atoms with Crippen LogP contribution in [0.4, 0.5) is 0 Å². The molecule has 0 unspecified atom stereocenters. The smallest absolute Gasteiger partial charge is 0.203 e. The lowest BCUT2D eigenvalue weighted by atomic mass is 10.1. The van der Waals surface area contributed by atoms with E-state index in [1.165, 1.54) is 0 Å². The van der Waals surface area contributed by atoms with Gasteiger partial charge >= 0.3 is 0 Å². The molecule has 0 fully saturated rings. The molecule has 2 rings (SSSR count). The van der Waals surface area contributed by atoms with Crippen LogP contribution in [0.15, 0.2) is 30.3 Å². The molecule has 0 heterocycles. The molecule has 0 bridgehead atoms. The zero-order valence-corrected chi connectivity index (χ0v) is 15.7. The first-order valence-electron chi connectivity index (χ1n) is 7.21. The summed E-state index contributed by atoms with van der Waals surface area (Å²) in [5.74, 6) is 8.70. The summed E-state index contributed by atoms with van der Waals surface area (Å²) in [7, 11) is 6.37. The van der Waals surface area contributed by atoms with Crippen molar-refractivity contribution in [1.82, 2.24) is 0 Å². The number of methoxy groups -OCH3 is 4. The fraction of sp³-hybridized carbons (Fsp3) is 0.263. The van der Waals surface area contributed by atoms with Gasteiger partial charge in [-0.15, -0.1) is 0 Å². The molecule has 0 aromatic heterocycles. The Hall–Kier alpha value is -2.32. The van der Waals surface area contributed by atoms with Gasteiger partial charge in [-0.2, -0.15) is 0 Å². The molecule has 4 nitrogen and oxygen atoms in total. The second-order valence-electron chi connectivity index (χ2n) is 4.83. The maximum atomic E-state index is 5.37. The number of hydrogen-bond acceptors (Lipinski definition) is 4. The summed E-state index contributed by atoms with van der Waals surface area (Å²) in [5.41, 5.74) is 2.71. The van der Waals surface area contributed by atoms with E-state index in [1.54, 1.807) is 28.4 Å². The third-order valence-electron chi connectivity index (χ3n) is 3.42. The van der Waals surface area contributed by atoms with Crippen LogP contribution in [0.3, 0.4) is 0 Å². The van der Waals surface area contributed by atoms with Crippen molar-refractivity contribution < 1.29 is 18.9 Å². The number of ether oxygens (including phenoxy) is 4. The van der Waals surface area contributed by atoms with Crippen LogP contribution in [0.1, 0.15) is 16.7 Å². The number of benzene rings is 2. The molecule has 24 heavy (non-hydrogen) atoms. The van der Waals surface area contributed by atoms with E-state index in [0.29, 0.717) is 17.2 Å². The van der Waals surface area contributed by atoms with E-state index in [4.69, 9.17) is 18.9 Å². The zero-order valence-electron chi connectivity index (χ0n) is 14.1. The van der Waals surface area contributed by atoms with E-state index >= 15 is 0 Å². The monoisotopic (exact) mass is 390 g/mol. The second kappa shape index (κ2) is 8.51. The topological polar surface area (TPSA) is 36.9 Å². The Balaban J connectivity index is 2.48. The molecule has 5 heteroatoms. The van der Waals surface area contributed by atoms with Crippen molar-refractivity contribution in [2.45, 2.75) is 5.33 Å². The van der Waals surface area contributed by atoms with Crippen molar-refractivity contribution in [3.8, 4) is 34.8 Å². The van der Waals surface area contributed by atoms with Gasteiger partial charge in [0, 0.05) is 10.9 Å². The molecule has 0 atom stereocenters. The fourth-order valence-electron chi connectivity index (χ4n) is 2.23. The SMILES string of the molecule is COc1ccc(CBr)cc1C#Cc1cc(OC)c(OC)c(OC)c1. The summed E-state index contributed by atoms with van der Waals surface area (Å²) < 4.78 is 21.4. The van der Waals surface area contributed by atoms with Gasteiger partial charge in [0.25, 0.3) is 0 Å². The fourth-order valence-corrected chi connectivity index (χ4v) is 2.58. The van der Waals surface area contributed by atoms with Crippen LogP contribution in [0, 0.1) is 11.8 Å². The standard InChI is InChI=1S/C19H19BrO4/c1-21-16-8-6-14(12-20)9-15(16)7-5-13-10-17(22-2)19(24-4)18(11-13)23-3/h6,8-11H,12H2,1-4H3. The highest BCUT2D eigenvalue weighted by Gasteiger charge is 2.12. The Labute approximate surface area is 150 Å². The Bertz CT molecular complexity index is 750. The van der Waals surface area contributed by atoms with Gasteiger partial charge < -0.3 is 18.9 Å². The lowest BCUT2D eigenvalue weighted by Gasteiger charge is -2.12. The van der Waals surface area contributed by atoms with Crippen molar-refractivity contribution in [3.05, 3.63) is 47.0 Å². The molecule has 0 aliphatic heterocycles. The summed E-state index contributed by atoms with van der Waals surface area (Å²) in [6.45, 7) is 0. The van der Waals surface area contributed by atoms with Gasteiger partial charge in [-0.1, -0.05) is 33.8 Å². The number of halogens is 1. The van der Waals surface area contributed by atoms with E-state index in [1.807, 2.05) is 30.3 Å². The van der Waals surface area contributed by atoms with Crippen LogP contribution in [0.5, 0.6) is 23.0 Å². The Morgan fingerprint density at radius 2 is 1.42 bits per heavy atom. The van der Waals surface area contributed by atoms with E-state index in [9.17, 15) is 0 Å². The molecular formula is C19H19BrO4. The molecule has 0 radical (unpaired) electrons. The van der Waals surface area contributed by atoms with Gasteiger partial charge in [0.1, 0.15) is 5.75 Å². The first-order chi connectivity index (χ1) is 11.7. The number of rotatable bonds is 5. The highest BCUT2D eigenvalue weighted by atomic mass is 79.9. The molecule has 0 aliphatic carbocycles. The van der Waals surface area contributed by atoms with Crippen LogP contribution in [-0.2, 0) is 5.33 Å². The third kappa shape index (κ3) is 3.95. The molecule has 0 spiro atoms. The number of hydrogen-bond donors (Lipinski definition) is 0. The van der Waals surface area contributed by atoms with Crippen molar-refractivity contribution in [2.24, 2.45) is 0 Å². The molecule has 2 aromatic rings. The average Bonchev–Trinajstić information content (AvgIpc) is 2.64. The van der Waals surface area contributed by atoms with E-state index in [2.05, 4.69) is 27.8 Å². The van der Waals surface area contributed by atoms with Gasteiger partial charge in [0.05, 0.1) is 34.0 Å². The maximum Gasteiger partial charge on any atom is 0.203 e. The predicted molar refractivity (Wildman–Crippen MR) is 97.7 cm³/mol. The second-order valence-corrected chi connectivity index (χ2v) is 5.39.